The van der Waals surface area contributed by atoms with Crippen molar-refractivity contribution in [3.8, 4) is 28.7 Å². The molecule has 0 bridgehead atoms. The highest BCUT2D eigenvalue weighted by molar-refractivity contribution is 7.99. The molecular formula is C35H31NO10S. The lowest BCUT2D eigenvalue weighted by molar-refractivity contribution is -0.144. The molecule has 47 heavy (non-hydrogen) atoms. The van der Waals surface area contributed by atoms with E-state index in [1.165, 1.54) is 53.2 Å². The van der Waals surface area contributed by atoms with Crippen LogP contribution in [-0.4, -0.2) is 74.6 Å². The number of rotatable bonds is 7. The monoisotopic (exact) mass is 657 g/mol. The summed E-state index contributed by atoms with van der Waals surface area (Å²) in [7, 11) is 5.75. The van der Waals surface area contributed by atoms with Gasteiger partial charge in [0.15, 0.2) is 40.6 Å². The summed E-state index contributed by atoms with van der Waals surface area (Å²) >= 11 is 1.33. The molecule has 7 rings (SSSR count). The van der Waals surface area contributed by atoms with Gasteiger partial charge in [-0.2, -0.15) is 0 Å². The molecule has 0 saturated heterocycles. The number of benzene rings is 4. The minimum atomic E-state index is -0.854. The fourth-order valence-electron chi connectivity index (χ4n) is 7.49. The smallest absolute Gasteiger partial charge is 0.331 e. The van der Waals surface area contributed by atoms with E-state index in [0.29, 0.717) is 76.2 Å². The van der Waals surface area contributed by atoms with E-state index in [4.69, 9.17) is 28.7 Å². The van der Waals surface area contributed by atoms with Crippen LogP contribution in [0.15, 0.2) is 21.5 Å². The highest BCUT2D eigenvalue weighted by atomic mass is 32.2. The number of fused-ring (bicyclic) bond motifs is 3. The number of hydrogen-bond acceptors (Lipinski definition) is 12. The fraction of sp³-hybridized carbons (Fsp3) is 0.314. The average molecular weight is 658 g/mol. The van der Waals surface area contributed by atoms with Crippen LogP contribution in [-0.2, 0) is 25.5 Å². The number of methoxy groups -OCH3 is 4. The Bertz CT molecular complexity index is 2280. The van der Waals surface area contributed by atoms with Gasteiger partial charge >= 0.3 is 5.97 Å². The summed E-state index contributed by atoms with van der Waals surface area (Å²) in [6, 6.07) is -0.854. The first-order valence-corrected chi connectivity index (χ1v) is 15.9. The van der Waals surface area contributed by atoms with Gasteiger partial charge in [0, 0.05) is 55.6 Å². The zero-order valence-electron chi connectivity index (χ0n) is 26.8. The average Bonchev–Trinajstić information content (AvgIpc) is 3.17. The van der Waals surface area contributed by atoms with Crippen molar-refractivity contribution in [2.24, 2.45) is 4.99 Å². The summed E-state index contributed by atoms with van der Waals surface area (Å²) < 4.78 is 29.0. The van der Waals surface area contributed by atoms with Gasteiger partial charge in [-0.15, -0.1) is 11.8 Å². The summed E-state index contributed by atoms with van der Waals surface area (Å²) in [5.41, 5.74) is 2.21. The molecule has 0 fully saturated rings. The Balaban J connectivity index is 1.91. The van der Waals surface area contributed by atoms with Gasteiger partial charge in [-0.3, -0.25) is 14.6 Å². The molecule has 0 aromatic heterocycles. The van der Waals surface area contributed by atoms with Gasteiger partial charge in [-0.1, -0.05) is 5.57 Å². The Labute approximate surface area is 272 Å². The molecule has 1 unspecified atom stereocenters. The van der Waals surface area contributed by atoms with Gasteiger partial charge in [0.2, 0.25) is 0 Å². The first kappa shape index (κ1) is 30.7. The predicted octanol–water partition coefficient (Wildman–Crippen LogP) is 5.06. The number of carbonyl (C=O) groups excluding carboxylic acids is 3. The van der Waals surface area contributed by atoms with Crippen LogP contribution in [0.5, 0.6) is 28.7 Å². The minimum absolute atomic E-state index is 0.0184. The summed E-state index contributed by atoms with van der Waals surface area (Å²) in [6.45, 7) is 5.13. The predicted molar refractivity (Wildman–Crippen MR) is 176 cm³/mol. The number of carbonyl (C=O) groups is 3. The van der Waals surface area contributed by atoms with Crippen molar-refractivity contribution in [1.29, 1.82) is 0 Å². The largest absolute Gasteiger partial charge is 0.504 e. The SMILES string of the molecule is CCOC(=O)C1CSc2c(OC)c3c4c5c(c(O)c(OC)c6c5c5c(c(OC)c(O)c(c2=N1)c35)CC(C)=C6C(C)=O)C(=O)C=C4OC. The van der Waals surface area contributed by atoms with Crippen LogP contribution in [0.2, 0.25) is 0 Å². The molecule has 242 valence electrons. The highest BCUT2D eigenvalue weighted by Crippen LogP contribution is 2.59. The number of ketones is 2. The molecule has 2 aliphatic carbocycles. The van der Waals surface area contributed by atoms with E-state index >= 15 is 0 Å². The molecule has 3 aliphatic rings. The maximum absolute atomic E-state index is 13.8. The van der Waals surface area contributed by atoms with Gasteiger partial charge < -0.3 is 33.9 Å². The maximum atomic E-state index is 13.8. The third-order valence-electron chi connectivity index (χ3n) is 9.13. The molecule has 12 heteroatoms. The van der Waals surface area contributed by atoms with Crippen LogP contribution in [0.3, 0.4) is 0 Å². The second-order valence-corrected chi connectivity index (χ2v) is 12.5. The molecule has 0 saturated carbocycles. The van der Waals surface area contributed by atoms with Gasteiger partial charge in [0.05, 0.1) is 56.2 Å². The van der Waals surface area contributed by atoms with Crippen molar-refractivity contribution in [2.75, 3.05) is 40.8 Å². The zero-order chi connectivity index (χ0) is 33.6. The van der Waals surface area contributed by atoms with E-state index in [2.05, 4.69) is 0 Å². The number of phenols is 2. The van der Waals surface area contributed by atoms with Crippen LogP contribution in [0.1, 0.15) is 47.8 Å². The van der Waals surface area contributed by atoms with Crippen LogP contribution < -0.4 is 19.6 Å². The normalized spacial score (nSPS) is 16.6. The quantitative estimate of drug-likeness (QED) is 0.156. The van der Waals surface area contributed by atoms with E-state index in [9.17, 15) is 24.6 Å². The Hall–Kier alpha value is -4.97. The topological polar surface area (TPSA) is 150 Å². The number of allylic oxidation sites excluding steroid dienone is 3. The van der Waals surface area contributed by atoms with Gasteiger partial charge in [-0.05, 0) is 32.6 Å². The molecule has 11 nitrogen and oxygen atoms in total. The lowest BCUT2D eigenvalue weighted by atomic mass is 9.79. The van der Waals surface area contributed by atoms with E-state index in [0.717, 1.165) is 0 Å². The Morgan fingerprint density at radius 1 is 0.872 bits per heavy atom. The summed E-state index contributed by atoms with van der Waals surface area (Å²) in [6.07, 6.45) is 1.47. The second kappa shape index (κ2) is 10.8. The minimum Gasteiger partial charge on any atom is -0.504 e. The molecule has 1 aliphatic heterocycles. The summed E-state index contributed by atoms with van der Waals surface area (Å²) in [4.78, 5) is 45.6. The first-order chi connectivity index (χ1) is 22.6. The van der Waals surface area contributed by atoms with Crippen molar-refractivity contribution in [3.63, 3.8) is 0 Å². The molecule has 1 heterocycles. The highest BCUT2D eigenvalue weighted by Gasteiger charge is 2.40. The zero-order valence-corrected chi connectivity index (χ0v) is 27.6. The first-order valence-electron chi connectivity index (χ1n) is 14.9. The van der Waals surface area contributed by atoms with Crippen molar-refractivity contribution in [2.45, 2.75) is 38.1 Å². The van der Waals surface area contributed by atoms with Crippen molar-refractivity contribution in [3.05, 3.63) is 39.3 Å². The standard InChI is InChI=1S/C35H31NO10S/c1-8-46-35(41)15-11-47-34-28(36-15)27-23-19-14(31(43-5)30(27)40)9-12(2)18(13(3)37)25-22(19)24-20(29(39)32(25)44-6)16(38)10-17(42-4)21(24)26(23)33(34)45-7/h10,15,39-40H,8-9,11H2,1-7H3. The van der Waals surface area contributed by atoms with Crippen LogP contribution in [0.25, 0.3) is 43.6 Å². The third-order valence-corrected chi connectivity index (χ3v) is 10.3. The number of thioether (sulfide) groups is 1. The van der Waals surface area contributed by atoms with Crippen molar-refractivity contribution < 1.29 is 48.3 Å². The van der Waals surface area contributed by atoms with E-state index in [1.54, 1.807) is 13.8 Å². The molecule has 0 amide bonds. The molecule has 4 aromatic carbocycles. The maximum Gasteiger partial charge on any atom is 0.331 e. The fourth-order valence-corrected chi connectivity index (χ4v) is 8.64. The molecule has 0 spiro atoms. The molecule has 2 N–H and O–H groups in total. The lowest BCUT2D eigenvalue weighted by Crippen LogP contribution is -2.31. The number of nitrogens with zero attached hydrogens (tertiary/aromatic N) is 1. The van der Waals surface area contributed by atoms with E-state index in [-0.39, 0.29) is 53.1 Å². The number of aromatic hydroxyl groups is 2. The number of esters is 1. The lowest BCUT2D eigenvalue weighted by Gasteiger charge is -2.29. The molecule has 4 aromatic rings. The molecule has 0 radical (unpaired) electrons. The van der Waals surface area contributed by atoms with Gasteiger partial charge in [-0.25, -0.2) is 4.79 Å². The second-order valence-electron chi connectivity index (χ2n) is 11.5. The third kappa shape index (κ3) is 3.87. The molecular weight excluding hydrogens is 626 g/mol. The summed E-state index contributed by atoms with van der Waals surface area (Å²) in [5, 5.41) is 26.8. The van der Waals surface area contributed by atoms with Crippen LogP contribution in [0.4, 0.5) is 0 Å². The number of Topliss-reactive ketones (excluding diaryl/α,β-unsaturated/α-hetero) is 1. The van der Waals surface area contributed by atoms with Crippen LogP contribution in [0, 0.1) is 0 Å². The number of phenolic OH excluding ortho intramolecular Hbond substituents is 2. The Morgan fingerprint density at radius 2 is 1.57 bits per heavy atom. The van der Waals surface area contributed by atoms with Crippen molar-refractivity contribution >= 4 is 72.9 Å². The number of ether oxygens (including phenoxy) is 5. The van der Waals surface area contributed by atoms with Gasteiger partial charge in [0.1, 0.15) is 11.5 Å². The van der Waals surface area contributed by atoms with E-state index in [1.807, 2.05) is 0 Å². The molecule has 1 atom stereocenters. The van der Waals surface area contributed by atoms with E-state index < -0.39 is 23.5 Å². The van der Waals surface area contributed by atoms with Gasteiger partial charge in [0.25, 0.3) is 0 Å². The summed E-state index contributed by atoms with van der Waals surface area (Å²) in [5.74, 6) is -0.955. The van der Waals surface area contributed by atoms with Crippen LogP contribution >= 0.6 is 11.8 Å². The number of hydrogen-bond donors (Lipinski definition) is 2. The van der Waals surface area contributed by atoms with Crippen molar-refractivity contribution in [1.82, 2.24) is 0 Å². The Kier molecular flexibility index (Phi) is 7.05. The Morgan fingerprint density at radius 3 is 2.19 bits per heavy atom.